The average Bonchev–Trinajstić information content (AvgIpc) is 3.52. The third kappa shape index (κ3) is 6.06. The summed E-state index contributed by atoms with van der Waals surface area (Å²) in [6.45, 7) is 1.35. The number of carbonyl (C=O) groups is 2. The zero-order chi connectivity index (χ0) is 25.1. The van der Waals surface area contributed by atoms with Gasteiger partial charge in [0.05, 0.1) is 19.2 Å². The number of amides is 1. The van der Waals surface area contributed by atoms with Gasteiger partial charge < -0.3 is 29.7 Å². The molecule has 2 fully saturated rings. The first-order chi connectivity index (χ1) is 16.7. The summed E-state index contributed by atoms with van der Waals surface area (Å²) in [5.74, 6) is -0.390. The average molecular weight is 494 g/mol. The summed E-state index contributed by atoms with van der Waals surface area (Å²) in [7, 11) is 0. The SMILES string of the molecule is CC(=O)OC1CNCCN1C(=O)c1nc(-c2ccc(OC(F)F)c(OCC3CC3)c2)oc1[C@H](C)N. The molecule has 2 aromatic rings. The van der Waals surface area contributed by atoms with Gasteiger partial charge in [0, 0.05) is 25.6 Å². The van der Waals surface area contributed by atoms with E-state index in [1.807, 2.05) is 0 Å². The molecular formula is C23H28F2N4O6. The fourth-order valence-electron chi connectivity index (χ4n) is 3.70. The van der Waals surface area contributed by atoms with Gasteiger partial charge in [-0.3, -0.25) is 14.5 Å². The van der Waals surface area contributed by atoms with Gasteiger partial charge >= 0.3 is 12.6 Å². The highest BCUT2D eigenvalue weighted by Gasteiger charge is 2.34. The third-order valence-corrected chi connectivity index (χ3v) is 5.61. The number of nitrogens with zero attached hydrogens (tertiary/aromatic N) is 2. The molecule has 190 valence electrons. The molecule has 1 aliphatic heterocycles. The maximum Gasteiger partial charge on any atom is 0.387 e. The highest BCUT2D eigenvalue weighted by molar-refractivity contribution is 5.94. The molecular weight excluding hydrogens is 466 g/mol. The number of rotatable bonds is 9. The van der Waals surface area contributed by atoms with Gasteiger partial charge in [0.2, 0.25) is 5.89 Å². The van der Waals surface area contributed by atoms with Crippen LogP contribution < -0.4 is 20.5 Å². The lowest BCUT2D eigenvalue weighted by molar-refractivity contribution is -0.154. The molecule has 0 spiro atoms. The lowest BCUT2D eigenvalue weighted by atomic mass is 10.2. The number of halogens is 2. The van der Waals surface area contributed by atoms with Gasteiger partial charge in [-0.2, -0.15) is 8.78 Å². The topological polar surface area (TPSA) is 129 Å². The zero-order valence-electron chi connectivity index (χ0n) is 19.5. The van der Waals surface area contributed by atoms with Crippen molar-refractivity contribution in [2.75, 3.05) is 26.2 Å². The quantitative estimate of drug-likeness (QED) is 0.506. The summed E-state index contributed by atoms with van der Waals surface area (Å²) in [5, 5.41) is 3.08. The fourth-order valence-corrected chi connectivity index (χ4v) is 3.70. The number of aromatic nitrogens is 1. The van der Waals surface area contributed by atoms with E-state index in [2.05, 4.69) is 15.0 Å². The van der Waals surface area contributed by atoms with Crippen LogP contribution in [0, 0.1) is 5.92 Å². The lowest BCUT2D eigenvalue weighted by Gasteiger charge is -2.34. The van der Waals surface area contributed by atoms with Crippen molar-refractivity contribution in [3.05, 3.63) is 29.7 Å². The number of esters is 1. The van der Waals surface area contributed by atoms with Gasteiger partial charge in [0.25, 0.3) is 5.91 Å². The molecule has 2 heterocycles. The Balaban J connectivity index is 1.65. The van der Waals surface area contributed by atoms with E-state index < -0.39 is 30.8 Å². The number of benzene rings is 1. The van der Waals surface area contributed by atoms with E-state index in [1.54, 1.807) is 6.92 Å². The Morgan fingerprint density at radius 1 is 1.31 bits per heavy atom. The molecule has 0 bridgehead atoms. The summed E-state index contributed by atoms with van der Waals surface area (Å²) in [6.07, 6.45) is 1.24. The molecule has 1 amide bonds. The molecule has 4 rings (SSSR count). The van der Waals surface area contributed by atoms with E-state index in [-0.39, 0.29) is 41.9 Å². The van der Waals surface area contributed by atoms with Gasteiger partial charge in [-0.1, -0.05) is 0 Å². The first kappa shape index (κ1) is 24.9. The molecule has 1 aromatic carbocycles. The minimum Gasteiger partial charge on any atom is -0.489 e. The second-order valence-corrected chi connectivity index (χ2v) is 8.58. The van der Waals surface area contributed by atoms with Gasteiger partial charge in [-0.05, 0) is 43.9 Å². The Morgan fingerprint density at radius 2 is 2.09 bits per heavy atom. The molecule has 3 N–H and O–H groups in total. The van der Waals surface area contributed by atoms with Crippen LogP contribution in [0.2, 0.25) is 0 Å². The Morgan fingerprint density at radius 3 is 2.74 bits per heavy atom. The van der Waals surface area contributed by atoms with Gasteiger partial charge in [-0.25, -0.2) is 4.98 Å². The van der Waals surface area contributed by atoms with Crippen molar-refractivity contribution >= 4 is 11.9 Å². The molecule has 1 saturated carbocycles. The molecule has 2 atom stereocenters. The number of hydrogen-bond acceptors (Lipinski definition) is 9. The van der Waals surface area contributed by atoms with Crippen molar-refractivity contribution in [3.63, 3.8) is 0 Å². The largest absolute Gasteiger partial charge is 0.489 e. The van der Waals surface area contributed by atoms with Crippen LogP contribution in [0.1, 0.15) is 49.0 Å². The van der Waals surface area contributed by atoms with E-state index >= 15 is 0 Å². The first-order valence-corrected chi connectivity index (χ1v) is 11.4. The molecule has 10 nitrogen and oxygen atoms in total. The third-order valence-electron chi connectivity index (χ3n) is 5.61. The zero-order valence-corrected chi connectivity index (χ0v) is 19.5. The standard InChI is InChI=1S/C23H28F2N4O6/c1-12(26)20-19(22(31)29-8-7-27-10-18(29)33-13(2)30)28-21(35-20)15-5-6-16(34-23(24)25)17(9-15)32-11-14-3-4-14/h5-6,9,12,14,18,23,27H,3-4,7-8,10-11,26H2,1-2H3/t12-,18?/m0/s1. The van der Waals surface area contributed by atoms with Crippen LogP contribution >= 0.6 is 0 Å². The number of nitrogens with two attached hydrogens (primary N) is 1. The summed E-state index contributed by atoms with van der Waals surface area (Å²) < 4.78 is 47.1. The number of alkyl halides is 2. The van der Waals surface area contributed by atoms with Gasteiger partial charge in [0.15, 0.2) is 29.2 Å². The van der Waals surface area contributed by atoms with Crippen LogP contribution in [0.25, 0.3) is 11.5 Å². The Bertz CT molecular complexity index is 1070. The second kappa shape index (κ2) is 10.6. The summed E-state index contributed by atoms with van der Waals surface area (Å²) in [6, 6.07) is 3.64. The maximum atomic E-state index is 13.4. The molecule has 12 heteroatoms. The first-order valence-electron chi connectivity index (χ1n) is 11.4. The highest BCUT2D eigenvalue weighted by Crippen LogP contribution is 2.37. The van der Waals surface area contributed by atoms with E-state index in [1.165, 1.54) is 30.0 Å². The van der Waals surface area contributed by atoms with Crippen molar-refractivity contribution < 1.29 is 37.0 Å². The molecule has 2 aliphatic rings. The number of piperazine rings is 1. The fraction of sp³-hybridized carbons (Fsp3) is 0.522. The van der Waals surface area contributed by atoms with Crippen LogP contribution in [-0.2, 0) is 9.53 Å². The van der Waals surface area contributed by atoms with E-state index in [4.69, 9.17) is 19.6 Å². The molecule has 35 heavy (non-hydrogen) atoms. The number of nitrogens with one attached hydrogen (secondary N) is 1. The predicted molar refractivity (Wildman–Crippen MR) is 119 cm³/mol. The number of oxazole rings is 1. The highest BCUT2D eigenvalue weighted by atomic mass is 19.3. The number of hydrogen-bond donors (Lipinski definition) is 2. The van der Waals surface area contributed by atoms with Crippen LogP contribution in [0.3, 0.4) is 0 Å². The summed E-state index contributed by atoms with van der Waals surface area (Å²) in [5.41, 5.74) is 6.44. The molecule has 1 unspecified atom stereocenters. The second-order valence-electron chi connectivity index (χ2n) is 8.58. The summed E-state index contributed by atoms with van der Waals surface area (Å²) in [4.78, 5) is 30.7. The normalized spacial score (nSPS) is 18.9. The van der Waals surface area contributed by atoms with E-state index in [9.17, 15) is 18.4 Å². The lowest BCUT2D eigenvalue weighted by Crippen LogP contribution is -2.55. The Labute approximate surface area is 200 Å². The predicted octanol–water partition coefficient (Wildman–Crippen LogP) is 2.69. The minimum absolute atomic E-state index is 0.0117. The maximum absolute atomic E-state index is 13.4. The van der Waals surface area contributed by atoms with Crippen molar-refractivity contribution in [1.29, 1.82) is 0 Å². The number of carbonyl (C=O) groups excluding carboxylic acids is 2. The van der Waals surface area contributed by atoms with Crippen LogP contribution in [-0.4, -0.2) is 60.8 Å². The molecule has 1 aliphatic carbocycles. The molecule has 1 saturated heterocycles. The van der Waals surface area contributed by atoms with Crippen molar-refractivity contribution in [3.8, 4) is 23.0 Å². The van der Waals surface area contributed by atoms with Gasteiger partial charge in [0.1, 0.15) is 0 Å². The van der Waals surface area contributed by atoms with Crippen molar-refractivity contribution in [2.45, 2.75) is 45.6 Å². The van der Waals surface area contributed by atoms with Crippen LogP contribution in [0.5, 0.6) is 11.5 Å². The van der Waals surface area contributed by atoms with Gasteiger partial charge in [-0.15, -0.1) is 0 Å². The Hall–Kier alpha value is -3.25. The van der Waals surface area contributed by atoms with Crippen LogP contribution in [0.4, 0.5) is 8.78 Å². The number of ether oxygens (including phenoxy) is 3. The molecule has 1 aromatic heterocycles. The smallest absolute Gasteiger partial charge is 0.387 e. The Kier molecular flexibility index (Phi) is 7.51. The van der Waals surface area contributed by atoms with Crippen molar-refractivity contribution in [2.24, 2.45) is 11.7 Å². The minimum atomic E-state index is -3.01. The summed E-state index contributed by atoms with van der Waals surface area (Å²) >= 11 is 0. The van der Waals surface area contributed by atoms with E-state index in [0.717, 1.165) is 12.8 Å². The van der Waals surface area contributed by atoms with E-state index in [0.29, 0.717) is 24.6 Å². The monoisotopic (exact) mass is 494 g/mol. The van der Waals surface area contributed by atoms with Crippen molar-refractivity contribution in [1.82, 2.24) is 15.2 Å². The molecule has 0 radical (unpaired) electrons. The van der Waals surface area contributed by atoms with Crippen LogP contribution in [0.15, 0.2) is 22.6 Å².